The Balaban J connectivity index is 1.42. The third-order valence-corrected chi connectivity index (χ3v) is 4.56. The number of carbonyl (C=O) groups excluding carboxylic acids is 1. The van der Waals surface area contributed by atoms with Crippen molar-refractivity contribution in [2.75, 3.05) is 11.1 Å². The summed E-state index contributed by atoms with van der Waals surface area (Å²) in [7, 11) is 0. The molecule has 0 saturated heterocycles. The Morgan fingerprint density at radius 2 is 2.04 bits per heavy atom. The summed E-state index contributed by atoms with van der Waals surface area (Å²) in [6.07, 6.45) is 4.39. The Morgan fingerprint density at radius 1 is 1.20 bits per heavy atom. The summed E-state index contributed by atoms with van der Waals surface area (Å²) in [6.45, 7) is 0. The first-order valence-electron chi connectivity index (χ1n) is 7.63. The molecule has 0 spiro atoms. The van der Waals surface area contributed by atoms with E-state index in [-0.39, 0.29) is 11.9 Å². The maximum absolute atomic E-state index is 11.9. The van der Waals surface area contributed by atoms with Crippen LogP contribution in [-0.4, -0.2) is 26.8 Å². The second-order valence-electron chi connectivity index (χ2n) is 5.11. The number of halogens is 1. The highest BCUT2D eigenvalue weighted by molar-refractivity contribution is 7.99. The van der Waals surface area contributed by atoms with Gasteiger partial charge in [-0.15, -0.1) is 16.9 Å². The lowest BCUT2D eigenvalue weighted by Crippen LogP contribution is -2.11. The summed E-state index contributed by atoms with van der Waals surface area (Å²) < 4.78 is 5.42. The number of hydrogen-bond acceptors (Lipinski definition) is 6. The Labute approximate surface area is 154 Å². The van der Waals surface area contributed by atoms with Crippen molar-refractivity contribution < 1.29 is 9.21 Å². The third-order valence-electron chi connectivity index (χ3n) is 3.21. The zero-order valence-corrected chi connectivity index (χ0v) is 14.8. The van der Waals surface area contributed by atoms with Crippen molar-refractivity contribution in [3.05, 3.63) is 53.8 Å². The highest BCUT2D eigenvalue weighted by Crippen LogP contribution is 2.22. The quantitative estimate of drug-likeness (QED) is 0.490. The molecule has 0 aliphatic heterocycles. The average molecular weight is 375 g/mol. The molecule has 3 rings (SSSR count). The van der Waals surface area contributed by atoms with Crippen LogP contribution in [0.25, 0.3) is 11.5 Å². The zero-order chi connectivity index (χ0) is 17.5. The van der Waals surface area contributed by atoms with Crippen molar-refractivity contribution in [2.45, 2.75) is 17.7 Å². The molecule has 25 heavy (non-hydrogen) atoms. The molecule has 1 N–H and O–H groups in total. The van der Waals surface area contributed by atoms with Crippen LogP contribution < -0.4 is 5.32 Å². The van der Waals surface area contributed by atoms with E-state index in [1.807, 2.05) is 24.3 Å². The number of nitrogens with one attached hydrogen (secondary N) is 1. The zero-order valence-electron chi connectivity index (χ0n) is 13.2. The van der Waals surface area contributed by atoms with Crippen LogP contribution >= 0.6 is 23.4 Å². The Morgan fingerprint density at radius 3 is 2.80 bits per heavy atom. The van der Waals surface area contributed by atoms with E-state index in [4.69, 9.17) is 16.0 Å². The second kappa shape index (κ2) is 8.64. The first-order valence-corrected chi connectivity index (χ1v) is 8.99. The fraction of sp³-hybridized carbons (Fsp3) is 0.176. The molecule has 8 heteroatoms. The van der Waals surface area contributed by atoms with Crippen molar-refractivity contribution in [2.24, 2.45) is 0 Å². The normalized spacial score (nSPS) is 10.6. The van der Waals surface area contributed by atoms with E-state index >= 15 is 0 Å². The third kappa shape index (κ3) is 5.30. The van der Waals surface area contributed by atoms with Gasteiger partial charge >= 0.3 is 6.01 Å². The average Bonchev–Trinajstić information content (AvgIpc) is 3.09. The standard InChI is InChI=1S/C17H15ClN4O2S/c18-13-5-7-14(8-6-13)25-10-2-4-15(23)20-17-22-21-16(24-17)12-3-1-9-19-11-12/h1,3,5-9,11H,2,4,10H2,(H,20,22,23). The minimum absolute atomic E-state index is 0.0919. The van der Waals surface area contributed by atoms with Crippen molar-refractivity contribution in [3.63, 3.8) is 0 Å². The molecule has 0 fully saturated rings. The van der Waals surface area contributed by atoms with Gasteiger partial charge in [-0.1, -0.05) is 16.7 Å². The molecule has 1 amide bonds. The molecule has 0 atom stereocenters. The molecule has 0 saturated carbocycles. The van der Waals surface area contributed by atoms with Crippen molar-refractivity contribution in [1.82, 2.24) is 15.2 Å². The largest absolute Gasteiger partial charge is 0.403 e. The monoisotopic (exact) mass is 374 g/mol. The lowest BCUT2D eigenvalue weighted by Gasteiger charge is -2.02. The van der Waals surface area contributed by atoms with Gasteiger partial charge in [0.2, 0.25) is 5.91 Å². The second-order valence-corrected chi connectivity index (χ2v) is 6.71. The van der Waals surface area contributed by atoms with E-state index in [9.17, 15) is 4.79 Å². The molecule has 2 heterocycles. The molecule has 0 unspecified atom stereocenters. The molecule has 3 aromatic rings. The highest BCUT2D eigenvalue weighted by atomic mass is 35.5. The summed E-state index contributed by atoms with van der Waals surface area (Å²) in [4.78, 5) is 17.1. The van der Waals surface area contributed by atoms with E-state index in [1.54, 1.807) is 36.3 Å². The minimum Gasteiger partial charge on any atom is -0.403 e. The van der Waals surface area contributed by atoms with Gasteiger partial charge in [-0.25, -0.2) is 0 Å². The van der Waals surface area contributed by atoms with Crippen LogP contribution in [-0.2, 0) is 4.79 Å². The Bertz CT molecular complexity index is 824. The molecular formula is C17H15ClN4O2S. The number of carbonyl (C=O) groups is 1. The maximum atomic E-state index is 11.9. The number of anilines is 1. The topological polar surface area (TPSA) is 80.9 Å². The number of amides is 1. The molecule has 0 radical (unpaired) electrons. The van der Waals surface area contributed by atoms with E-state index in [2.05, 4.69) is 20.5 Å². The van der Waals surface area contributed by atoms with Gasteiger partial charge in [0.1, 0.15) is 0 Å². The smallest absolute Gasteiger partial charge is 0.322 e. The van der Waals surface area contributed by atoms with E-state index < -0.39 is 0 Å². The van der Waals surface area contributed by atoms with Gasteiger partial charge in [-0.2, -0.15) is 0 Å². The minimum atomic E-state index is -0.155. The molecule has 0 aliphatic rings. The van der Waals surface area contributed by atoms with Gasteiger partial charge in [-0.05, 0) is 48.6 Å². The predicted octanol–water partition coefficient (Wildman–Crippen LogP) is 4.30. The number of nitrogens with zero attached hydrogens (tertiary/aromatic N) is 3. The first kappa shape index (κ1) is 17.4. The number of pyridine rings is 1. The molecular weight excluding hydrogens is 360 g/mol. The number of thioether (sulfide) groups is 1. The summed E-state index contributed by atoms with van der Waals surface area (Å²) in [5.41, 5.74) is 0.704. The highest BCUT2D eigenvalue weighted by Gasteiger charge is 2.11. The van der Waals surface area contributed by atoms with Crippen LogP contribution in [0.2, 0.25) is 5.02 Å². The lowest BCUT2D eigenvalue weighted by atomic mass is 10.3. The number of hydrogen-bond donors (Lipinski definition) is 1. The SMILES string of the molecule is O=C(CCCSc1ccc(Cl)cc1)Nc1nnc(-c2cccnc2)o1. The van der Waals surface area contributed by atoms with Gasteiger partial charge in [0.05, 0.1) is 5.56 Å². The summed E-state index contributed by atoms with van der Waals surface area (Å²) in [6, 6.07) is 11.3. The lowest BCUT2D eigenvalue weighted by molar-refractivity contribution is -0.116. The van der Waals surface area contributed by atoms with Crippen LogP contribution in [0.5, 0.6) is 0 Å². The van der Waals surface area contributed by atoms with Crippen molar-refractivity contribution in [1.29, 1.82) is 0 Å². The van der Waals surface area contributed by atoms with Crippen molar-refractivity contribution >= 4 is 35.3 Å². The van der Waals surface area contributed by atoms with Gasteiger partial charge in [-0.3, -0.25) is 15.1 Å². The summed E-state index contributed by atoms with van der Waals surface area (Å²) >= 11 is 7.53. The van der Waals surface area contributed by atoms with Crippen LogP contribution in [0.15, 0.2) is 58.1 Å². The van der Waals surface area contributed by atoms with Crippen LogP contribution in [0.1, 0.15) is 12.8 Å². The molecule has 2 aromatic heterocycles. The van der Waals surface area contributed by atoms with E-state index in [0.717, 1.165) is 17.1 Å². The van der Waals surface area contributed by atoms with Gasteiger partial charge in [0, 0.05) is 28.7 Å². The fourth-order valence-electron chi connectivity index (χ4n) is 2.01. The molecule has 0 aliphatic carbocycles. The summed E-state index contributed by atoms with van der Waals surface area (Å²) in [5, 5.41) is 11.0. The maximum Gasteiger partial charge on any atom is 0.322 e. The first-order chi connectivity index (χ1) is 12.2. The van der Waals surface area contributed by atoms with Crippen LogP contribution in [0, 0.1) is 0 Å². The van der Waals surface area contributed by atoms with Crippen molar-refractivity contribution in [3.8, 4) is 11.5 Å². The predicted molar refractivity (Wildman–Crippen MR) is 97.6 cm³/mol. The molecule has 0 bridgehead atoms. The summed E-state index contributed by atoms with van der Waals surface area (Å²) in [5.74, 6) is 1.000. The molecule has 128 valence electrons. The van der Waals surface area contributed by atoms with E-state index in [1.165, 1.54) is 0 Å². The van der Waals surface area contributed by atoms with Crippen LogP contribution in [0.3, 0.4) is 0 Å². The molecule has 1 aromatic carbocycles. The number of benzene rings is 1. The fourth-order valence-corrected chi connectivity index (χ4v) is 2.99. The Kier molecular flexibility index (Phi) is 6.03. The molecule has 6 nitrogen and oxygen atoms in total. The number of aromatic nitrogens is 3. The van der Waals surface area contributed by atoms with Gasteiger partial charge in [0.15, 0.2) is 0 Å². The van der Waals surface area contributed by atoms with Gasteiger partial charge < -0.3 is 4.42 Å². The van der Waals surface area contributed by atoms with Gasteiger partial charge in [0.25, 0.3) is 5.89 Å². The van der Waals surface area contributed by atoms with E-state index in [0.29, 0.717) is 22.9 Å². The Hall–Kier alpha value is -2.38. The number of rotatable bonds is 7. The van der Waals surface area contributed by atoms with Crippen LogP contribution in [0.4, 0.5) is 6.01 Å².